The Morgan fingerprint density at radius 2 is 1.31 bits per heavy atom. The Balaban J connectivity index is 1.83. The Morgan fingerprint density at radius 1 is 0.743 bits per heavy atom. The minimum atomic E-state index is -2.28. The van der Waals surface area contributed by atoms with Gasteiger partial charge >= 0.3 is 0 Å². The molecule has 0 aliphatic heterocycles. The van der Waals surface area contributed by atoms with Crippen LogP contribution in [0.15, 0.2) is 42.5 Å². The highest BCUT2D eigenvalue weighted by molar-refractivity contribution is 6.07. The predicted octanol–water partition coefficient (Wildman–Crippen LogP) is 5.88. The van der Waals surface area contributed by atoms with Gasteiger partial charge < -0.3 is 18.9 Å². The van der Waals surface area contributed by atoms with Gasteiger partial charge in [-0.3, -0.25) is 4.79 Å². The molecular weight excluding hydrogens is 475 g/mol. The third-order valence-electron chi connectivity index (χ3n) is 4.94. The third kappa shape index (κ3) is 5.37. The molecule has 0 spiro atoms. The first kappa shape index (κ1) is 25.5. The smallest absolute Gasteiger partial charge is 0.207 e. The minimum Gasteiger partial charge on any atom is -0.496 e. The number of rotatable bonds is 9. The quantitative estimate of drug-likeness (QED) is 0.122. The second kappa shape index (κ2) is 10.9. The Hall–Kier alpha value is -4.08. The summed E-state index contributed by atoms with van der Waals surface area (Å²) in [5.41, 5.74) is 1.05. The summed E-state index contributed by atoms with van der Waals surface area (Å²) in [7, 11) is 4.23. The van der Waals surface area contributed by atoms with Crippen molar-refractivity contribution < 1.29 is 45.7 Å². The molecule has 0 saturated carbocycles. The van der Waals surface area contributed by atoms with E-state index < -0.39 is 41.4 Å². The number of carbonyl (C=O) groups is 1. The normalized spacial score (nSPS) is 11.0. The molecule has 0 bridgehead atoms. The lowest BCUT2D eigenvalue weighted by molar-refractivity contribution is 0.104. The maximum atomic E-state index is 13.9. The van der Waals surface area contributed by atoms with E-state index in [1.54, 1.807) is 18.2 Å². The van der Waals surface area contributed by atoms with Gasteiger partial charge in [0.15, 0.2) is 23.0 Å². The fourth-order valence-corrected chi connectivity index (χ4v) is 3.13. The minimum absolute atomic E-state index is 0.233. The number of methoxy groups -OCH3 is 3. The standard InChI is InChI=1S/C25H19F5O5/c1-32-17-8-5-13(4-7-16(31)14-6-9-18(33-2)19(11-14)34-3)10-15(17)12-35-25-23(29)21(27)20(26)22(28)24(25)30/h4-11H,12H2,1-3H3/b7-4+. The van der Waals surface area contributed by atoms with Crippen LogP contribution < -0.4 is 18.9 Å². The van der Waals surface area contributed by atoms with Gasteiger partial charge in [-0.1, -0.05) is 12.1 Å². The Morgan fingerprint density at radius 3 is 1.91 bits per heavy atom. The summed E-state index contributed by atoms with van der Waals surface area (Å²) in [5.74, 6) is -11.4. The molecule has 184 valence electrons. The molecule has 5 nitrogen and oxygen atoms in total. The zero-order valence-electron chi connectivity index (χ0n) is 18.8. The van der Waals surface area contributed by atoms with Gasteiger partial charge in [-0.05, 0) is 42.0 Å². The molecule has 0 aliphatic carbocycles. The van der Waals surface area contributed by atoms with Gasteiger partial charge in [-0.25, -0.2) is 13.2 Å². The van der Waals surface area contributed by atoms with Crippen LogP contribution in [0.5, 0.6) is 23.0 Å². The Bertz CT molecular complexity index is 1260. The first-order chi connectivity index (χ1) is 16.7. The lowest BCUT2D eigenvalue weighted by Gasteiger charge is -2.13. The second-order valence-electron chi connectivity index (χ2n) is 7.03. The van der Waals surface area contributed by atoms with Crippen molar-refractivity contribution in [2.75, 3.05) is 21.3 Å². The predicted molar refractivity (Wildman–Crippen MR) is 116 cm³/mol. The molecule has 0 amide bonds. The number of ketones is 1. The molecular formula is C25H19F5O5. The molecule has 0 atom stereocenters. The molecule has 0 N–H and O–H groups in total. The molecule has 3 aromatic rings. The van der Waals surface area contributed by atoms with Crippen molar-refractivity contribution in [1.29, 1.82) is 0 Å². The third-order valence-corrected chi connectivity index (χ3v) is 4.94. The van der Waals surface area contributed by atoms with Gasteiger partial charge in [0.25, 0.3) is 0 Å². The molecule has 3 aromatic carbocycles. The van der Waals surface area contributed by atoms with E-state index in [-0.39, 0.29) is 17.1 Å². The molecule has 0 fully saturated rings. The molecule has 35 heavy (non-hydrogen) atoms. The highest BCUT2D eigenvalue weighted by Crippen LogP contribution is 2.31. The van der Waals surface area contributed by atoms with Crippen LogP contribution in [0, 0.1) is 29.1 Å². The van der Waals surface area contributed by atoms with E-state index in [1.807, 2.05) is 0 Å². The van der Waals surface area contributed by atoms with E-state index >= 15 is 0 Å². The maximum Gasteiger partial charge on any atom is 0.207 e. The van der Waals surface area contributed by atoms with Crippen molar-refractivity contribution in [2.45, 2.75) is 6.61 Å². The summed E-state index contributed by atoms with van der Waals surface area (Å²) in [6, 6.07) is 9.23. The van der Waals surface area contributed by atoms with Gasteiger partial charge in [0, 0.05) is 11.1 Å². The lowest BCUT2D eigenvalue weighted by Crippen LogP contribution is -2.07. The number of carbonyl (C=O) groups excluding carboxylic acids is 1. The van der Waals surface area contributed by atoms with Crippen LogP contribution in [-0.2, 0) is 6.61 Å². The summed E-state index contributed by atoms with van der Waals surface area (Å²) in [6.07, 6.45) is 2.76. The molecule has 0 saturated heterocycles. The van der Waals surface area contributed by atoms with Crippen LogP contribution in [0.25, 0.3) is 6.08 Å². The van der Waals surface area contributed by atoms with Gasteiger partial charge in [-0.2, -0.15) is 8.78 Å². The van der Waals surface area contributed by atoms with E-state index in [1.165, 1.54) is 51.7 Å². The lowest BCUT2D eigenvalue weighted by atomic mass is 10.1. The largest absolute Gasteiger partial charge is 0.496 e. The van der Waals surface area contributed by atoms with E-state index in [0.717, 1.165) is 0 Å². The van der Waals surface area contributed by atoms with Crippen molar-refractivity contribution in [3.63, 3.8) is 0 Å². The van der Waals surface area contributed by atoms with Gasteiger partial charge in [0.05, 0.1) is 21.3 Å². The average molecular weight is 494 g/mol. The first-order valence-corrected chi connectivity index (χ1v) is 9.97. The Kier molecular flexibility index (Phi) is 7.95. The average Bonchev–Trinajstić information content (AvgIpc) is 2.88. The molecule has 0 radical (unpaired) electrons. The summed E-state index contributed by atoms with van der Waals surface area (Å²) >= 11 is 0. The Labute approximate surface area is 197 Å². The number of hydrogen-bond acceptors (Lipinski definition) is 5. The number of hydrogen-bond donors (Lipinski definition) is 0. The number of halogens is 5. The summed E-state index contributed by atoms with van der Waals surface area (Å²) < 4.78 is 88.3. The van der Waals surface area contributed by atoms with E-state index in [4.69, 9.17) is 18.9 Å². The number of ether oxygens (including phenoxy) is 4. The van der Waals surface area contributed by atoms with E-state index in [9.17, 15) is 26.7 Å². The highest BCUT2D eigenvalue weighted by atomic mass is 19.2. The fourth-order valence-electron chi connectivity index (χ4n) is 3.13. The highest BCUT2D eigenvalue weighted by Gasteiger charge is 2.27. The van der Waals surface area contributed by atoms with Crippen molar-refractivity contribution in [1.82, 2.24) is 0 Å². The molecule has 0 heterocycles. The summed E-state index contributed by atoms with van der Waals surface area (Å²) in [4.78, 5) is 12.6. The van der Waals surface area contributed by atoms with Crippen LogP contribution >= 0.6 is 0 Å². The zero-order chi connectivity index (χ0) is 25.7. The van der Waals surface area contributed by atoms with Crippen molar-refractivity contribution in [3.05, 3.63) is 88.3 Å². The molecule has 3 rings (SSSR count). The SMILES string of the molecule is COc1ccc(/C=C/C(=O)c2ccc(OC)c(OC)c2)cc1COc1c(F)c(F)c(F)c(F)c1F. The molecule has 0 aromatic heterocycles. The van der Waals surface area contributed by atoms with Crippen LogP contribution in [0.4, 0.5) is 22.0 Å². The summed E-state index contributed by atoms with van der Waals surface area (Å²) in [6.45, 7) is -0.577. The number of benzene rings is 3. The number of allylic oxidation sites excluding steroid dienone is 1. The van der Waals surface area contributed by atoms with Crippen LogP contribution in [-0.4, -0.2) is 27.1 Å². The monoisotopic (exact) mass is 494 g/mol. The van der Waals surface area contributed by atoms with Crippen molar-refractivity contribution in [3.8, 4) is 23.0 Å². The van der Waals surface area contributed by atoms with Gasteiger partial charge in [0.2, 0.25) is 29.1 Å². The van der Waals surface area contributed by atoms with Crippen molar-refractivity contribution in [2.24, 2.45) is 0 Å². The van der Waals surface area contributed by atoms with E-state index in [0.29, 0.717) is 22.6 Å². The van der Waals surface area contributed by atoms with Crippen LogP contribution in [0.3, 0.4) is 0 Å². The fraction of sp³-hybridized carbons (Fsp3) is 0.160. The van der Waals surface area contributed by atoms with Gasteiger partial charge in [-0.15, -0.1) is 0 Å². The van der Waals surface area contributed by atoms with Gasteiger partial charge in [0.1, 0.15) is 12.4 Å². The molecule has 10 heteroatoms. The summed E-state index contributed by atoms with van der Waals surface area (Å²) in [5, 5.41) is 0. The van der Waals surface area contributed by atoms with Crippen LogP contribution in [0.2, 0.25) is 0 Å². The zero-order valence-corrected chi connectivity index (χ0v) is 18.8. The maximum absolute atomic E-state index is 13.9. The molecule has 0 aliphatic rings. The first-order valence-electron chi connectivity index (χ1n) is 9.97. The molecule has 0 unspecified atom stereocenters. The van der Waals surface area contributed by atoms with E-state index in [2.05, 4.69) is 0 Å². The topological polar surface area (TPSA) is 54.0 Å². The second-order valence-corrected chi connectivity index (χ2v) is 7.03. The van der Waals surface area contributed by atoms with Crippen LogP contribution in [0.1, 0.15) is 21.5 Å². The van der Waals surface area contributed by atoms with Crippen molar-refractivity contribution >= 4 is 11.9 Å².